The van der Waals surface area contributed by atoms with E-state index in [1.807, 2.05) is 0 Å². The molecule has 2 N–H and O–H groups in total. The molecule has 1 unspecified atom stereocenters. The minimum absolute atomic E-state index is 0.533. The molecule has 19 heavy (non-hydrogen) atoms. The van der Waals surface area contributed by atoms with Gasteiger partial charge in [-0.25, -0.2) is 0 Å². The number of benzene rings is 2. The molecule has 0 bridgehead atoms. The summed E-state index contributed by atoms with van der Waals surface area (Å²) in [5, 5.41) is 0. The zero-order chi connectivity index (χ0) is 13.7. The molecule has 1 atom stereocenters. The van der Waals surface area contributed by atoms with E-state index in [0.29, 0.717) is 5.92 Å². The number of hydrogen-bond donors (Lipinski definition) is 1. The van der Waals surface area contributed by atoms with E-state index < -0.39 is 0 Å². The third-order valence-corrected chi connectivity index (χ3v) is 3.83. The first-order chi connectivity index (χ1) is 9.22. The summed E-state index contributed by atoms with van der Waals surface area (Å²) in [6.45, 7) is 5.20. The second kappa shape index (κ2) is 6.53. The van der Waals surface area contributed by atoms with Gasteiger partial charge >= 0.3 is 0 Å². The van der Waals surface area contributed by atoms with Gasteiger partial charge in [0.2, 0.25) is 0 Å². The number of nitrogens with two attached hydrogens (primary N) is 1. The van der Waals surface area contributed by atoms with Crippen LogP contribution >= 0.6 is 0 Å². The molecule has 1 heteroatoms. The average Bonchev–Trinajstić information content (AvgIpc) is 2.42. The van der Waals surface area contributed by atoms with Crippen molar-refractivity contribution in [1.29, 1.82) is 0 Å². The van der Waals surface area contributed by atoms with Crippen molar-refractivity contribution in [3.05, 3.63) is 70.8 Å². The summed E-state index contributed by atoms with van der Waals surface area (Å²) in [5.74, 6) is 0.533. The summed E-state index contributed by atoms with van der Waals surface area (Å²) in [6, 6.07) is 17.4. The summed E-state index contributed by atoms with van der Waals surface area (Å²) < 4.78 is 0. The molecule has 0 heterocycles. The maximum Gasteiger partial charge on any atom is -0.00203 e. The Morgan fingerprint density at radius 2 is 1.58 bits per heavy atom. The van der Waals surface area contributed by atoms with Crippen LogP contribution in [0.4, 0.5) is 0 Å². The summed E-state index contributed by atoms with van der Waals surface area (Å²) in [7, 11) is 0. The number of rotatable bonds is 5. The summed E-state index contributed by atoms with van der Waals surface area (Å²) in [6.07, 6.45) is 2.06. The van der Waals surface area contributed by atoms with Gasteiger partial charge in [-0.05, 0) is 54.5 Å². The predicted molar refractivity (Wildman–Crippen MR) is 82.5 cm³/mol. The van der Waals surface area contributed by atoms with E-state index in [-0.39, 0.29) is 0 Å². The highest BCUT2D eigenvalue weighted by Crippen LogP contribution is 2.25. The van der Waals surface area contributed by atoms with E-state index in [1.165, 1.54) is 22.3 Å². The molecule has 0 saturated carbocycles. The number of aryl methyl sites for hydroxylation is 1. The molecule has 0 spiro atoms. The fourth-order valence-electron chi connectivity index (χ4n) is 2.60. The lowest BCUT2D eigenvalue weighted by molar-refractivity contribution is 0.684. The third-order valence-electron chi connectivity index (χ3n) is 3.83. The van der Waals surface area contributed by atoms with Crippen LogP contribution in [0.5, 0.6) is 0 Å². The molecule has 0 aliphatic carbocycles. The Kier molecular flexibility index (Phi) is 4.75. The van der Waals surface area contributed by atoms with E-state index in [2.05, 4.69) is 62.4 Å². The summed E-state index contributed by atoms with van der Waals surface area (Å²) in [5.41, 5.74) is 11.3. The van der Waals surface area contributed by atoms with Crippen LogP contribution in [-0.2, 0) is 6.42 Å². The highest BCUT2D eigenvalue weighted by atomic mass is 14.5. The molecule has 2 aromatic carbocycles. The first-order valence-corrected chi connectivity index (χ1v) is 7.04. The SMILES string of the molecule is Cc1ccccc1Cc1ccccc1C(C)CCN. The van der Waals surface area contributed by atoms with E-state index in [1.54, 1.807) is 0 Å². The Labute approximate surface area is 116 Å². The van der Waals surface area contributed by atoms with Crippen LogP contribution in [-0.4, -0.2) is 6.54 Å². The lowest BCUT2D eigenvalue weighted by Gasteiger charge is -2.16. The highest BCUT2D eigenvalue weighted by Gasteiger charge is 2.10. The minimum Gasteiger partial charge on any atom is -0.330 e. The average molecular weight is 253 g/mol. The quantitative estimate of drug-likeness (QED) is 0.855. The summed E-state index contributed by atoms with van der Waals surface area (Å²) in [4.78, 5) is 0. The lowest BCUT2D eigenvalue weighted by atomic mass is 9.89. The van der Waals surface area contributed by atoms with Gasteiger partial charge in [-0.3, -0.25) is 0 Å². The zero-order valence-electron chi connectivity index (χ0n) is 11.9. The maximum atomic E-state index is 5.69. The van der Waals surface area contributed by atoms with Crippen molar-refractivity contribution in [3.63, 3.8) is 0 Å². The van der Waals surface area contributed by atoms with Gasteiger partial charge in [-0.2, -0.15) is 0 Å². The molecule has 2 rings (SSSR count). The van der Waals surface area contributed by atoms with E-state index >= 15 is 0 Å². The first kappa shape index (κ1) is 13.8. The molecule has 0 aliphatic heterocycles. The van der Waals surface area contributed by atoms with Crippen molar-refractivity contribution in [2.45, 2.75) is 32.6 Å². The Morgan fingerprint density at radius 3 is 2.26 bits per heavy atom. The van der Waals surface area contributed by atoms with Gasteiger partial charge in [-0.15, -0.1) is 0 Å². The standard InChI is InChI=1S/C18H23N/c1-14-7-3-4-8-16(14)13-17-9-5-6-10-18(17)15(2)11-12-19/h3-10,15H,11-13,19H2,1-2H3. The second-order valence-electron chi connectivity index (χ2n) is 5.28. The van der Waals surface area contributed by atoms with Gasteiger partial charge in [0, 0.05) is 0 Å². The minimum atomic E-state index is 0.533. The van der Waals surface area contributed by atoms with Crippen molar-refractivity contribution in [3.8, 4) is 0 Å². The summed E-state index contributed by atoms with van der Waals surface area (Å²) >= 11 is 0. The lowest BCUT2D eigenvalue weighted by Crippen LogP contribution is -2.07. The zero-order valence-corrected chi connectivity index (χ0v) is 11.9. The van der Waals surface area contributed by atoms with Crippen molar-refractivity contribution < 1.29 is 0 Å². The fourth-order valence-corrected chi connectivity index (χ4v) is 2.60. The molecule has 2 aromatic rings. The largest absolute Gasteiger partial charge is 0.330 e. The van der Waals surface area contributed by atoms with Crippen LogP contribution in [0.1, 0.15) is 41.5 Å². The molecular weight excluding hydrogens is 230 g/mol. The Morgan fingerprint density at radius 1 is 0.947 bits per heavy atom. The molecule has 100 valence electrons. The molecule has 1 nitrogen and oxygen atoms in total. The second-order valence-corrected chi connectivity index (χ2v) is 5.28. The van der Waals surface area contributed by atoms with Crippen LogP contribution in [0.15, 0.2) is 48.5 Å². The van der Waals surface area contributed by atoms with E-state index in [4.69, 9.17) is 5.73 Å². The van der Waals surface area contributed by atoms with Crippen molar-refractivity contribution in [2.75, 3.05) is 6.54 Å². The van der Waals surface area contributed by atoms with Crippen LogP contribution in [0.2, 0.25) is 0 Å². The smallest absolute Gasteiger partial charge is 0.00203 e. The van der Waals surface area contributed by atoms with E-state index in [9.17, 15) is 0 Å². The van der Waals surface area contributed by atoms with Crippen molar-refractivity contribution in [2.24, 2.45) is 5.73 Å². The van der Waals surface area contributed by atoms with E-state index in [0.717, 1.165) is 19.4 Å². The van der Waals surface area contributed by atoms with Gasteiger partial charge in [0.15, 0.2) is 0 Å². The predicted octanol–water partition coefficient (Wildman–Crippen LogP) is 4.04. The third kappa shape index (κ3) is 3.45. The van der Waals surface area contributed by atoms with Gasteiger partial charge in [0.05, 0.1) is 0 Å². The van der Waals surface area contributed by atoms with Crippen molar-refractivity contribution >= 4 is 0 Å². The van der Waals surface area contributed by atoms with Crippen LogP contribution < -0.4 is 5.73 Å². The molecule has 0 aliphatic rings. The number of hydrogen-bond acceptors (Lipinski definition) is 1. The molecule has 0 saturated heterocycles. The van der Waals surface area contributed by atoms with Crippen LogP contribution in [0.25, 0.3) is 0 Å². The highest BCUT2D eigenvalue weighted by molar-refractivity contribution is 5.37. The monoisotopic (exact) mass is 253 g/mol. The van der Waals surface area contributed by atoms with Gasteiger partial charge in [0.25, 0.3) is 0 Å². The fraction of sp³-hybridized carbons (Fsp3) is 0.333. The topological polar surface area (TPSA) is 26.0 Å². The van der Waals surface area contributed by atoms with Gasteiger partial charge in [-0.1, -0.05) is 55.5 Å². The molecule has 0 radical (unpaired) electrons. The molecule has 0 amide bonds. The first-order valence-electron chi connectivity index (χ1n) is 7.04. The molecule has 0 fully saturated rings. The van der Waals surface area contributed by atoms with Crippen molar-refractivity contribution in [1.82, 2.24) is 0 Å². The van der Waals surface area contributed by atoms with Crippen LogP contribution in [0, 0.1) is 6.92 Å². The Hall–Kier alpha value is -1.60. The maximum absolute atomic E-state index is 5.69. The Balaban J connectivity index is 2.28. The normalized spacial score (nSPS) is 12.4. The van der Waals surface area contributed by atoms with Gasteiger partial charge < -0.3 is 5.73 Å². The molecule has 0 aromatic heterocycles. The Bertz CT molecular complexity index is 531. The molecular formula is C18H23N. The van der Waals surface area contributed by atoms with Gasteiger partial charge in [0.1, 0.15) is 0 Å². The van der Waals surface area contributed by atoms with Crippen LogP contribution in [0.3, 0.4) is 0 Å².